The van der Waals surface area contributed by atoms with Crippen LogP contribution in [0.25, 0.3) is 0 Å². The van der Waals surface area contributed by atoms with E-state index in [4.69, 9.17) is 5.11 Å². The average Bonchev–Trinajstić information content (AvgIpc) is 2.51. The Morgan fingerprint density at radius 1 is 1.19 bits per heavy atom. The topological polar surface area (TPSA) is 86.7 Å². The molecule has 0 aromatic heterocycles. The number of benzene rings is 1. The molecule has 6 heteroatoms. The molecule has 2 N–H and O–H groups in total. The molecule has 21 heavy (non-hydrogen) atoms. The Labute approximate surface area is 121 Å². The van der Waals surface area contributed by atoms with Crippen LogP contribution < -0.4 is 10.4 Å². The molecule has 0 radical (unpaired) electrons. The van der Waals surface area contributed by atoms with E-state index in [0.717, 1.165) is 5.01 Å². The Morgan fingerprint density at radius 2 is 1.90 bits per heavy atom. The lowest BCUT2D eigenvalue weighted by Gasteiger charge is -2.38. The van der Waals surface area contributed by atoms with Gasteiger partial charge in [0.2, 0.25) is 11.8 Å². The van der Waals surface area contributed by atoms with E-state index >= 15 is 0 Å². The fourth-order valence-electron chi connectivity index (χ4n) is 2.76. The van der Waals surface area contributed by atoms with E-state index in [2.05, 4.69) is 5.43 Å². The quantitative estimate of drug-likeness (QED) is 0.803. The summed E-state index contributed by atoms with van der Waals surface area (Å²) in [6.45, 7) is 0. The lowest BCUT2D eigenvalue weighted by Crippen LogP contribution is -2.59. The van der Waals surface area contributed by atoms with Crippen LogP contribution in [-0.4, -0.2) is 22.9 Å². The van der Waals surface area contributed by atoms with Gasteiger partial charge in [-0.3, -0.25) is 15.0 Å². The van der Waals surface area contributed by atoms with Crippen LogP contribution in [0.4, 0.5) is 5.69 Å². The zero-order valence-corrected chi connectivity index (χ0v) is 11.2. The SMILES string of the molecule is O=C(O)c1cccc(N2NC(=O)[C@@H]3CC=CC[C@@H]3C2=O)c1. The number of carboxylic acid groups (broad SMARTS) is 1. The second-order valence-corrected chi connectivity index (χ2v) is 5.16. The first-order chi connectivity index (χ1) is 10.1. The monoisotopic (exact) mass is 286 g/mol. The summed E-state index contributed by atoms with van der Waals surface area (Å²) in [5.74, 6) is -2.19. The van der Waals surface area contributed by atoms with Gasteiger partial charge in [-0.05, 0) is 31.0 Å². The van der Waals surface area contributed by atoms with Crippen molar-refractivity contribution in [1.82, 2.24) is 5.43 Å². The smallest absolute Gasteiger partial charge is 0.335 e. The normalized spacial score (nSPS) is 24.5. The largest absolute Gasteiger partial charge is 0.478 e. The molecular weight excluding hydrogens is 272 g/mol. The predicted molar refractivity (Wildman–Crippen MR) is 74.4 cm³/mol. The van der Waals surface area contributed by atoms with Crippen LogP contribution in [0.5, 0.6) is 0 Å². The molecule has 1 aromatic rings. The third-order valence-corrected chi connectivity index (χ3v) is 3.88. The Balaban J connectivity index is 1.94. The molecule has 1 fully saturated rings. The number of fused-ring (bicyclic) bond motifs is 1. The second-order valence-electron chi connectivity index (χ2n) is 5.16. The van der Waals surface area contributed by atoms with E-state index in [1.165, 1.54) is 12.1 Å². The van der Waals surface area contributed by atoms with Crippen molar-refractivity contribution < 1.29 is 19.5 Å². The van der Waals surface area contributed by atoms with Gasteiger partial charge in [-0.25, -0.2) is 9.80 Å². The number of rotatable bonds is 2. The first kappa shape index (κ1) is 13.4. The zero-order chi connectivity index (χ0) is 15.0. The molecule has 0 spiro atoms. The molecular formula is C15H14N2O4. The maximum absolute atomic E-state index is 12.5. The van der Waals surface area contributed by atoms with E-state index in [1.807, 2.05) is 12.2 Å². The van der Waals surface area contributed by atoms with Crippen molar-refractivity contribution in [2.45, 2.75) is 12.8 Å². The third kappa shape index (κ3) is 2.29. The average molecular weight is 286 g/mol. The number of carboxylic acids is 1. The molecule has 108 valence electrons. The standard InChI is InChI=1S/C15H14N2O4/c18-13-11-6-1-2-7-12(11)14(19)17(16-13)10-5-3-4-9(8-10)15(20)21/h1-5,8,11-12H,6-7H2,(H,16,18)(H,20,21)/t11-,12+/m1/s1. The molecule has 1 heterocycles. The number of anilines is 1. The van der Waals surface area contributed by atoms with Gasteiger partial charge in [0, 0.05) is 0 Å². The number of carbonyl (C=O) groups is 3. The summed E-state index contributed by atoms with van der Waals surface area (Å²) in [5.41, 5.74) is 3.00. The molecule has 1 aliphatic heterocycles. The van der Waals surface area contributed by atoms with Gasteiger partial charge in [0.15, 0.2) is 0 Å². The van der Waals surface area contributed by atoms with Crippen molar-refractivity contribution in [3.63, 3.8) is 0 Å². The number of allylic oxidation sites excluding steroid dienone is 2. The van der Waals surface area contributed by atoms with Gasteiger partial charge in [0.25, 0.3) is 0 Å². The van der Waals surface area contributed by atoms with Gasteiger partial charge in [-0.15, -0.1) is 0 Å². The summed E-state index contributed by atoms with van der Waals surface area (Å²) in [6, 6.07) is 5.96. The molecule has 1 aliphatic carbocycles. The Morgan fingerprint density at radius 3 is 2.62 bits per heavy atom. The lowest BCUT2D eigenvalue weighted by atomic mass is 9.80. The summed E-state index contributed by atoms with van der Waals surface area (Å²) < 4.78 is 0. The van der Waals surface area contributed by atoms with Crippen LogP contribution in [0.2, 0.25) is 0 Å². The highest BCUT2D eigenvalue weighted by Gasteiger charge is 2.42. The van der Waals surface area contributed by atoms with Gasteiger partial charge in [-0.2, -0.15) is 0 Å². The molecule has 2 amide bonds. The minimum Gasteiger partial charge on any atom is -0.478 e. The highest BCUT2D eigenvalue weighted by atomic mass is 16.4. The Kier molecular flexibility index (Phi) is 3.21. The molecule has 1 aromatic carbocycles. The number of amides is 2. The number of nitrogens with zero attached hydrogens (tertiary/aromatic N) is 1. The minimum absolute atomic E-state index is 0.0696. The van der Waals surface area contributed by atoms with E-state index in [-0.39, 0.29) is 29.2 Å². The van der Waals surface area contributed by atoms with Gasteiger partial charge < -0.3 is 5.11 Å². The number of carbonyl (C=O) groups excluding carboxylic acids is 2. The summed E-state index contributed by atoms with van der Waals surface area (Å²) in [4.78, 5) is 35.6. The van der Waals surface area contributed by atoms with Crippen LogP contribution in [0.3, 0.4) is 0 Å². The maximum atomic E-state index is 12.5. The summed E-state index contributed by atoms with van der Waals surface area (Å²) in [6.07, 6.45) is 4.91. The minimum atomic E-state index is -1.08. The van der Waals surface area contributed by atoms with Crippen molar-refractivity contribution in [2.75, 3.05) is 5.01 Å². The number of aromatic carboxylic acids is 1. The number of hydrogen-bond donors (Lipinski definition) is 2. The molecule has 1 saturated heterocycles. The first-order valence-corrected chi connectivity index (χ1v) is 6.71. The van der Waals surface area contributed by atoms with Crippen molar-refractivity contribution in [3.05, 3.63) is 42.0 Å². The third-order valence-electron chi connectivity index (χ3n) is 3.88. The fraction of sp³-hybridized carbons (Fsp3) is 0.267. The van der Waals surface area contributed by atoms with Crippen molar-refractivity contribution in [2.24, 2.45) is 11.8 Å². The summed E-state index contributed by atoms with van der Waals surface area (Å²) in [7, 11) is 0. The number of nitrogens with one attached hydrogen (secondary N) is 1. The van der Waals surface area contributed by atoms with Crippen LogP contribution >= 0.6 is 0 Å². The van der Waals surface area contributed by atoms with Crippen LogP contribution in [-0.2, 0) is 9.59 Å². The van der Waals surface area contributed by atoms with E-state index in [1.54, 1.807) is 12.1 Å². The molecule has 0 unspecified atom stereocenters. The summed E-state index contributed by atoms with van der Waals surface area (Å²) in [5, 5.41) is 10.2. The highest BCUT2D eigenvalue weighted by Crippen LogP contribution is 2.32. The number of hydrazine groups is 1. The fourth-order valence-corrected chi connectivity index (χ4v) is 2.76. The summed E-state index contributed by atoms with van der Waals surface area (Å²) >= 11 is 0. The van der Waals surface area contributed by atoms with Crippen molar-refractivity contribution in [1.29, 1.82) is 0 Å². The zero-order valence-electron chi connectivity index (χ0n) is 11.2. The van der Waals surface area contributed by atoms with Crippen molar-refractivity contribution >= 4 is 23.5 Å². The lowest BCUT2D eigenvalue weighted by molar-refractivity contribution is -0.139. The molecule has 6 nitrogen and oxygen atoms in total. The molecule has 0 bridgehead atoms. The van der Waals surface area contributed by atoms with E-state index < -0.39 is 5.97 Å². The van der Waals surface area contributed by atoms with Gasteiger partial charge in [-0.1, -0.05) is 18.2 Å². The van der Waals surface area contributed by atoms with Gasteiger partial charge in [0.1, 0.15) is 0 Å². The molecule has 2 atom stereocenters. The molecule has 2 aliphatic rings. The Bertz CT molecular complexity index is 653. The van der Waals surface area contributed by atoms with E-state index in [0.29, 0.717) is 18.5 Å². The highest BCUT2D eigenvalue weighted by molar-refractivity contribution is 6.04. The molecule has 0 saturated carbocycles. The van der Waals surface area contributed by atoms with Gasteiger partial charge >= 0.3 is 5.97 Å². The maximum Gasteiger partial charge on any atom is 0.335 e. The first-order valence-electron chi connectivity index (χ1n) is 6.71. The van der Waals surface area contributed by atoms with Gasteiger partial charge in [0.05, 0.1) is 23.1 Å². The van der Waals surface area contributed by atoms with E-state index in [9.17, 15) is 14.4 Å². The predicted octanol–water partition coefficient (Wildman–Crippen LogP) is 1.34. The second kappa shape index (κ2) is 5.05. The van der Waals surface area contributed by atoms with Crippen molar-refractivity contribution in [3.8, 4) is 0 Å². The Hall–Kier alpha value is -2.63. The van der Waals surface area contributed by atoms with Crippen LogP contribution in [0.15, 0.2) is 36.4 Å². The van der Waals surface area contributed by atoms with Crippen LogP contribution in [0.1, 0.15) is 23.2 Å². The number of hydrogen-bond acceptors (Lipinski definition) is 3. The molecule has 3 rings (SSSR count). The van der Waals surface area contributed by atoms with Crippen LogP contribution in [0, 0.1) is 11.8 Å².